The number of allylic oxidation sites excluding steroid dienone is 2. The minimum Gasteiger partial charge on any atom is -0.508 e. The van der Waals surface area contributed by atoms with Crippen molar-refractivity contribution in [2.24, 2.45) is 0 Å². The Bertz CT molecular complexity index is 379. The maximum absolute atomic E-state index is 11.3. The van der Waals surface area contributed by atoms with E-state index in [1.54, 1.807) is 12.1 Å². The number of ether oxygens (including phenoxy) is 1. The van der Waals surface area contributed by atoms with Gasteiger partial charge >= 0.3 is 5.97 Å². The predicted octanol–water partition coefficient (Wildman–Crippen LogP) is 3.01. The van der Waals surface area contributed by atoms with Crippen LogP contribution in [0.2, 0.25) is 0 Å². The number of methoxy groups -OCH3 is 1. The lowest BCUT2D eigenvalue weighted by molar-refractivity contribution is -0.140. The normalized spacial score (nSPS) is 12.6. The van der Waals surface area contributed by atoms with Gasteiger partial charge in [0, 0.05) is 5.92 Å². The number of hydrogen-bond acceptors (Lipinski definition) is 3. The van der Waals surface area contributed by atoms with Gasteiger partial charge in [-0.15, -0.1) is 0 Å². The molecule has 3 heteroatoms. The lowest BCUT2D eigenvalue weighted by Gasteiger charge is -2.12. The summed E-state index contributed by atoms with van der Waals surface area (Å²) in [6, 6.07) is 6.89. The molecule has 0 aromatic heterocycles. The Kier molecular flexibility index (Phi) is 5.27. The second-order valence-corrected chi connectivity index (χ2v) is 3.81. The molecule has 0 radical (unpaired) electrons. The molecule has 0 aliphatic rings. The summed E-state index contributed by atoms with van der Waals surface area (Å²) >= 11 is 0. The first-order valence-electron chi connectivity index (χ1n) is 5.69. The molecule has 1 N–H and O–H groups in total. The topological polar surface area (TPSA) is 46.5 Å². The van der Waals surface area contributed by atoms with E-state index in [9.17, 15) is 9.90 Å². The van der Waals surface area contributed by atoms with Crippen molar-refractivity contribution >= 4 is 5.97 Å². The zero-order valence-corrected chi connectivity index (χ0v) is 10.2. The minimum absolute atomic E-state index is 0.00278. The number of carbonyl (C=O) groups is 1. The van der Waals surface area contributed by atoms with E-state index in [0.717, 1.165) is 12.0 Å². The molecule has 17 heavy (non-hydrogen) atoms. The summed E-state index contributed by atoms with van der Waals surface area (Å²) in [5.41, 5.74) is 0.998. The summed E-state index contributed by atoms with van der Waals surface area (Å²) in [7, 11) is 1.39. The predicted molar refractivity (Wildman–Crippen MR) is 66.9 cm³/mol. The lowest BCUT2D eigenvalue weighted by atomic mass is 9.95. The molecule has 0 aliphatic heterocycles. The maximum atomic E-state index is 11.3. The molecule has 92 valence electrons. The molecule has 1 rings (SSSR count). The minimum atomic E-state index is -0.233. The highest BCUT2D eigenvalue weighted by atomic mass is 16.5. The Morgan fingerprint density at radius 1 is 1.41 bits per heavy atom. The average molecular weight is 234 g/mol. The number of phenols is 1. The first kappa shape index (κ1) is 13.3. The van der Waals surface area contributed by atoms with Gasteiger partial charge in [-0.3, -0.25) is 4.79 Å². The number of esters is 1. The van der Waals surface area contributed by atoms with Crippen LogP contribution in [0.25, 0.3) is 0 Å². The van der Waals surface area contributed by atoms with Crippen molar-refractivity contribution in [1.82, 2.24) is 0 Å². The highest BCUT2D eigenvalue weighted by Gasteiger charge is 2.13. The third kappa shape index (κ3) is 4.31. The number of phenolic OH excluding ortho intramolecular Hbond substituents is 1. The number of aromatic hydroxyl groups is 1. The summed E-state index contributed by atoms with van der Waals surface area (Å²) in [5.74, 6) is -0.00290. The maximum Gasteiger partial charge on any atom is 0.306 e. The molecule has 3 nitrogen and oxygen atoms in total. The molecular formula is C14H18O3. The standard InChI is InChI=1S/C14H18O3/c1-3-4-5-12(10-14(16)17-2)11-6-8-13(15)9-7-11/h4-9,12,15H,3,10H2,1-2H3/t12-/m0/s1. The molecule has 1 aromatic carbocycles. The first-order valence-corrected chi connectivity index (χ1v) is 5.69. The van der Waals surface area contributed by atoms with Crippen molar-refractivity contribution in [3.05, 3.63) is 42.0 Å². The van der Waals surface area contributed by atoms with Crippen LogP contribution >= 0.6 is 0 Å². The second kappa shape index (κ2) is 6.74. The SMILES string of the molecule is CCC=C[C@@H](CC(=O)OC)c1ccc(O)cc1. The third-order valence-electron chi connectivity index (χ3n) is 2.54. The van der Waals surface area contributed by atoms with E-state index in [1.165, 1.54) is 7.11 Å². The van der Waals surface area contributed by atoms with Crippen LogP contribution in [0.15, 0.2) is 36.4 Å². The van der Waals surface area contributed by atoms with Gasteiger partial charge in [-0.1, -0.05) is 31.2 Å². The fraction of sp³-hybridized carbons (Fsp3) is 0.357. The Hall–Kier alpha value is -1.77. The van der Waals surface area contributed by atoms with Crippen LogP contribution in [0, 0.1) is 0 Å². The van der Waals surface area contributed by atoms with Gasteiger partial charge in [0.05, 0.1) is 13.5 Å². The van der Waals surface area contributed by atoms with Crippen molar-refractivity contribution in [2.75, 3.05) is 7.11 Å². The van der Waals surface area contributed by atoms with E-state index >= 15 is 0 Å². The van der Waals surface area contributed by atoms with Gasteiger partial charge in [0.15, 0.2) is 0 Å². The van der Waals surface area contributed by atoms with Crippen molar-refractivity contribution in [3.8, 4) is 5.75 Å². The zero-order valence-electron chi connectivity index (χ0n) is 10.2. The number of rotatable bonds is 5. The van der Waals surface area contributed by atoms with Crippen LogP contribution < -0.4 is 0 Å². The fourth-order valence-corrected chi connectivity index (χ4v) is 1.58. The number of carbonyl (C=O) groups excluding carboxylic acids is 1. The van der Waals surface area contributed by atoms with Crippen LogP contribution in [-0.4, -0.2) is 18.2 Å². The van der Waals surface area contributed by atoms with Crippen LogP contribution in [0.1, 0.15) is 31.2 Å². The first-order chi connectivity index (χ1) is 8.17. The summed E-state index contributed by atoms with van der Waals surface area (Å²) in [6.07, 6.45) is 5.28. The average Bonchev–Trinajstić information content (AvgIpc) is 2.35. The smallest absolute Gasteiger partial charge is 0.306 e. The van der Waals surface area contributed by atoms with E-state index in [2.05, 4.69) is 4.74 Å². The molecule has 1 atom stereocenters. The monoisotopic (exact) mass is 234 g/mol. The zero-order chi connectivity index (χ0) is 12.7. The molecule has 0 saturated carbocycles. The third-order valence-corrected chi connectivity index (χ3v) is 2.54. The van der Waals surface area contributed by atoms with Crippen molar-refractivity contribution < 1.29 is 14.6 Å². The van der Waals surface area contributed by atoms with Gasteiger partial charge in [-0.2, -0.15) is 0 Å². The van der Waals surface area contributed by atoms with Gasteiger partial charge in [0.2, 0.25) is 0 Å². The summed E-state index contributed by atoms with van der Waals surface area (Å²) in [4.78, 5) is 11.3. The molecule has 0 fully saturated rings. The van der Waals surface area contributed by atoms with Crippen molar-refractivity contribution in [3.63, 3.8) is 0 Å². The molecule has 0 amide bonds. The van der Waals surface area contributed by atoms with Crippen LogP contribution in [0.4, 0.5) is 0 Å². The summed E-state index contributed by atoms with van der Waals surface area (Å²) in [5, 5.41) is 9.23. The van der Waals surface area contributed by atoms with E-state index in [4.69, 9.17) is 0 Å². The quantitative estimate of drug-likeness (QED) is 0.629. The second-order valence-electron chi connectivity index (χ2n) is 3.81. The highest BCUT2D eigenvalue weighted by Crippen LogP contribution is 2.24. The molecule has 0 aliphatic carbocycles. The molecule has 0 spiro atoms. The van der Waals surface area contributed by atoms with Crippen LogP contribution in [0.5, 0.6) is 5.75 Å². The van der Waals surface area contributed by atoms with Gasteiger partial charge in [0.1, 0.15) is 5.75 Å². The Morgan fingerprint density at radius 2 is 2.06 bits per heavy atom. The molecule has 0 heterocycles. The van der Waals surface area contributed by atoms with E-state index in [0.29, 0.717) is 6.42 Å². The van der Waals surface area contributed by atoms with Gasteiger partial charge in [0.25, 0.3) is 0 Å². The van der Waals surface area contributed by atoms with Crippen molar-refractivity contribution in [1.29, 1.82) is 0 Å². The summed E-state index contributed by atoms with van der Waals surface area (Å²) in [6.45, 7) is 2.04. The molecule has 0 unspecified atom stereocenters. The highest BCUT2D eigenvalue weighted by molar-refractivity contribution is 5.70. The fourth-order valence-electron chi connectivity index (χ4n) is 1.58. The van der Waals surface area contributed by atoms with Gasteiger partial charge < -0.3 is 9.84 Å². The van der Waals surface area contributed by atoms with Crippen LogP contribution in [0.3, 0.4) is 0 Å². The van der Waals surface area contributed by atoms with Gasteiger partial charge in [-0.25, -0.2) is 0 Å². The lowest BCUT2D eigenvalue weighted by Crippen LogP contribution is -2.06. The molecular weight excluding hydrogens is 216 g/mol. The van der Waals surface area contributed by atoms with Crippen LogP contribution in [-0.2, 0) is 9.53 Å². The number of benzene rings is 1. The van der Waals surface area contributed by atoms with E-state index < -0.39 is 0 Å². The molecule has 1 aromatic rings. The Morgan fingerprint density at radius 3 is 2.59 bits per heavy atom. The molecule has 0 bridgehead atoms. The van der Waals surface area contributed by atoms with Crippen molar-refractivity contribution in [2.45, 2.75) is 25.7 Å². The summed E-state index contributed by atoms with van der Waals surface area (Å²) < 4.78 is 4.68. The number of hydrogen-bond donors (Lipinski definition) is 1. The van der Waals surface area contributed by atoms with E-state index in [1.807, 2.05) is 31.2 Å². The Balaban J connectivity index is 2.85. The van der Waals surface area contributed by atoms with E-state index in [-0.39, 0.29) is 17.6 Å². The largest absolute Gasteiger partial charge is 0.508 e. The van der Waals surface area contributed by atoms with Gasteiger partial charge in [-0.05, 0) is 24.1 Å². The molecule has 0 saturated heterocycles. The Labute approximate surface area is 102 Å².